The van der Waals surface area contributed by atoms with E-state index in [0.717, 1.165) is 41.8 Å². The lowest BCUT2D eigenvalue weighted by Gasteiger charge is -2.33. The highest BCUT2D eigenvalue weighted by atomic mass is 19.3. The summed E-state index contributed by atoms with van der Waals surface area (Å²) in [6.45, 7) is 1.75. The van der Waals surface area contributed by atoms with Gasteiger partial charge in [0, 0.05) is 60.0 Å². The Morgan fingerprint density at radius 2 is 2.06 bits per heavy atom. The molecule has 0 fully saturated rings. The number of anilines is 2. The van der Waals surface area contributed by atoms with Crippen LogP contribution >= 0.6 is 0 Å². The number of halogens is 2. The number of ether oxygens (including phenoxy) is 1. The molecule has 0 aliphatic carbocycles. The molecular weight excluding hydrogens is 454 g/mol. The number of aromatic amines is 1. The lowest BCUT2D eigenvalue weighted by atomic mass is 9.91. The number of amides is 1. The van der Waals surface area contributed by atoms with Crippen molar-refractivity contribution in [2.24, 2.45) is 0 Å². The van der Waals surface area contributed by atoms with E-state index in [4.69, 9.17) is 4.74 Å². The molecule has 35 heavy (non-hydrogen) atoms. The quantitative estimate of drug-likeness (QED) is 0.434. The zero-order valence-electron chi connectivity index (χ0n) is 19.2. The van der Waals surface area contributed by atoms with E-state index >= 15 is 0 Å². The van der Waals surface area contributed by atoms with Crippen molar-refractivity contribution in [3.05, 3.63) is 59.2 Å². The maximum Gasteiger partial charge on any atom is 0.264 e. The number of imidazole rings is 1. The molecule has 1 amide bonds. The van der Waals surface area contributed by atoms with Gasteiger partial charge in [0.1, 0.15) is 11.4 Å². The van der Waals surface area contributed by atoms with Gasteiger partial charge in [-0.3, -0.25) is 9.89 Å². The molecule has 0 saturated carbocycles. The highest BCUT2D eigenvalue weighted by Crippen LogP contribution is 2.44. The van der Waals surface area contributed by atoms with Gasteiger partial charge >= 0.3 is 0 Å². The Hall–Kier alpha value is -3.95. The average molecular weight is 479 g/mol. The number of hydrogen-bond donors (Lipinski definition) is 1. The van der Waals surface area contributed by atoms with E-state index in [-0.39, 0.29) is 5.56 Å². The smallest absolute Gasteiger partial charge is 0.264 e. The van der Waals surface area contributed by atoms with Gasteiger partial charge < -0.3 is 18.9 Å². The molecule has 2 aliphatic heterocycles. The van der Waals surface area contributed by atoms with Crippen molar-refractivity contribution in [1.29, 1.82) is 0 Å². The topological polar surface area (TPSA) is 78.8 Å². The van der Waals surface area contributed by atoms with Crippen molar-refractivity contribution in [3.63, 3.8) is 0 Å². The summed E-state index contributed by atoms with van der Waals surface area (Å²) < 4.78 is 36.3. The van der Waals surface area contributed by atoms with Crippen LogP contribution in [-0.2, 0) is 24.2 Å². The molecule has 0 unspecified atom stereocenters. The van der Waals surface area contributed by atoms with Crippen molar-refractivity contribution in [3.8, 4) is 16.9 Å². The number of fused-ring (bicyclic) bond motifs is 3. The van der Waals surface area contributed by atoms with Gasteiger partial charge in [-0.05, 0) is 42.2 Å². The van der Waals surface area contributed by atoms with E-state index in [2.05, 4.69) is 15.2 Å². The summed E-state index contributed by atoms with van der Waals surface area (Å²) in [6.07, 6.45) is 5.68. The average Bonchev–Trinajstić information content (AvgIpc) is 3.52. The van der Waals surface area contributed by atoms with Crippen LogP contribution in [0, 0.1) is 0 Å². The molecule has 0 atom stereocenters. The fourth-order valence-corrected chi connectivity index (χ4v) is 5.21. The number of carbonyl (C=O) groups is 1. The van der Waals surface area contributed by atoms with E-state index in [1.165, 1.54) is 7.11 Å². The summed E-state index contributed by atoms with van der Waals surface area (Å²) >= 11 is 0. The first-order chi connectivity index (χ1) is 17.1. The van der Waals surface area contributed by atoms with E-state index in [0.29, 0.717) is 54.4 Å². The molecule has 6 rings (SSSR count). The molecule has 0 bridgehead atoms. The van der Waals surface area contributed by atoms with Crippen LogP contribution in [0.5, 0.6) is 5.75 Å². The number of methoxy groups -OCH3 is 1. The summed E-state index contributed by atoms with van der Waals surface area (Å²) in [4.78, 5) is 19.4. The first-order valence-corrected chi connectivity index (χ1v) is 11.6. The minimum absolute atomic E-state index is 0.0659. The van der Waals surface area contributed by atoms with Crippen molar-refractivity contribution in [1.82, 2.24) is 24.5 Å². The van der Waals surface area contributed by atoms with Crippen LogP contribution in [0.3, 0.4) is 0 Å². The van der Waals surface area contributed by atoms with Crippen molar-refractivity contribution < 1.29 is 18.3 Å². The van der Waals surface area contributed by atoms with Gasteiger partial charge in [0.25, 0.3) is 6.43 Å². The van der Waals surface area contributed by atoms with Gasteiger partial charge in [-0.15, -0.1) is 0 Å². The molecule has 1 aromatic carbocycles. The third-order valence-electron chi connectivity index (χ3n) is 6.95. The van der Waals surface area contributed by atoms with Crippen molar-refractivity contribution >= 4 is 23.6 Å². The number of aryl methyl sites for hydroxylation is 1. The van der Waals surface area contributed by atoms with Crippen LogP contribution in [0.2, 0.25) is 0 Å². The number of hydrogen-bond acceptors (Lipinski definition) is 5. The number of benzene rings is 1. The normalized spacial score (nSPS) is 15.4. The monoisotopic (exact) mass is 478 g/mol. The Kier molecular flexibility index (Phi) is 5.16. The van der Waals surface area contributed by atoms with Crippen LogP contribution in [-0.4, -0.2) is 51.1 Å². The van der Waals surface area contributed by atoms with E-state index in [1.54, 1.807) is 40.0 Å². The van der Waals surface area contributed by atoms with Gasteiger partial charge in [0.05, 0.1) is 19.9 Å². The van der Waals surface area contributed by atoms with Gasteiger partial charge in [0.15, 0.2) is 5.82 Å². The standard InChI is InChI=1S/C25H24F2N6O2/c1-35-22-13-32-8-5-28-23(32)11-17(22)16-9-15-3-2-6-33(21(15)10-18(16)24(26)27)25-19-12-31(14-34)7-4-20(19)29-30-25/h5,8-11,13-14,24H,2-4,6-7,12H2,1H3,(H,29,30). The lowest BCUT2D eigenvalue weighted by Crippen LogP contribution is -2.31. The van der Waals surface area contributed by atoms with E-state index in [1.807, 2.05) is 11.0 Å². The van der Waals surface area contributed by atoms with Crippen LogP contribution in [0.15, 0.2) is 36.8 Å². The van der Waals surface area contributed by atoms with E-state index in [9.17, 15) is 13.6 Å². The predicted molar refractivity (Wildman–Crippen MR) is 126 cm³/mol. The number of carbonyl (C=O) groups excluding carboxylic acids is 1. The highest BCUT2D eigenvalue weighted by molar-refractivity contribution is 5.81. The molecule has 3 aromatic heterocycles. The Labute approximate surface area is 200 Å². The number of pyridine rings is 1. The first-order valence-electron chi connectivity index (χ1n) is 11.6. The summed E-state index contributed by atoms with van der Waals surface area (Å²) in [5, 5.41) is 7.63. The minimum Gasteiger partial charge on any atom is -0.495 e. The maximum atomic E-state index is 14.5. The lowest BCUT2D eigenvalue weighted by molar-refractivity contribution is -0.118. The van der Waals surface area contributed by atoms with E-state index < -0.39 is 6.43 Å². The Morgan fingerprint density at radius 1 is 1.17 bits per heavy atom. The van der Waals surface area contributed by atoms with Crippen LogP contribution in [0.25, 0.3) is 16.8 Å². The van der Waals surface area contributed by atoms with Gasteiger partial charge in [-0.1, -0.05) is 0 Å². The number of H-pyrrole nitrogens is 1. The third-order valence-corrected chi connectivity index (χ3v) is 6.95. The van der Waals surface area contributed by atoms with Crippen LogP contribution < -0.4 is 9.64 Å². The van der Waals surface area contributed by atoms with Crippen molar-refractivity contribution in [2.75, 3.05) is 25.1 Å². The summed E-state index contributed by atoms with van der Waals surface area (Å²) in [7, 11) is 1.53. The third kappa shape index (κ3) is 3.51. The molecule has 2 aliphatic rings. The molecule has 0 spiro atoms. The maximum absolute atomic E-state index is 14.5. The number of rotatable bonds is 5. The second-order valence-corrected chi connectivity index (χ2v) is 8.90. The number of nitrogens with zero attached hydrogens (tertiary/aromatic N) is 5. The van der Waals surface area contributed by atoms with Gasteiger partial charge in [-0.2, -0.15) is 5.10 Å². The molecular formula is C25H24F2N6O2. The minimum atomic E-state index is -2.68. The Morgan fingerprint density at radius 3 is 2.86 bits per heavy atom. The Balaban J connectivity index is 1.49. The van der Waals surface area contributed by atoms with Crippen LogP contribution in [0.4, 0.5) is 20.3 Å². The predicted octanol–water partition coefficient (Wildman–Crippen LogP) is 4.27. The molecule has 0 saturated heterocycles. The first kappa shape index (κ1) is 21.6. The number of aromatic nitrogens is 4. The largest absolute Gasteiger partial charge is 0.495 e. The number of alkyl halides is 2. The molecule has 8 nitrogen and oxygen atoms in total. The van der Waals surface area contributed by atoms with Crippen LogP contribution in [0.1, 0.15) is 35.2 Å². The molecule has 5 heterocycles. The highest BCUT2D eigenvalue weighted by Gasteiger charge is 2.30. The fourth-order valence-electron chi connectivity index (χ4n) is 5.21. The molecule has 1 N–H and O–H groups in total. The summed E-state index contributed by atoms with van der Waals surface area (Å²) in [5.41, 5.74) is 5.26. The molecule has 4 aromatic rings. The zero-order valence-corrected chi connectivity index (χ0v) is 19.2. The molecule has 180 valence electrons. The fraction of sp³-hybridized carbons (Fsp3) is 0.320. The van der Waals surface area contributed by atoms with Crippen molar-refractivity contribution in [2.45, 2.75) is 32.2 Å². The summed E-state index contributed by atoms with van der Waals surface area (Å²) in [6, 6.07) is 5.23. The van der Waals surface area contributed by atoms with Gasteiger partial charge in [-0.25, -0.2) is 13.8 Å². The second-order valence-electron chi connectivity index (χ2n) is 8.90. The Bertz CT molecular complexity index is 1430. The second kappa shape index (κ2) is 8.37. The molecule has 10 heteroatoms. The summed E-state index contributed by atoms with van der Waals surface area (Å²) in [5.74, 6) is 1.21. The van der Waals surface area contributed by atoms with Gasteiger partial charge in [0.2, 0.25) is 6.41 Å². The number of nitrogens with one attached hydrogen (secondary N) is 1. The SMILES string of the molecule is COc1cn2ccnc2cc1-c1cc2c(cc1C(F)F)N(c1n[nH]c3c1CN(C=O)CC3)CCC2. The molecule has 0 radical (unpaired) electrons. The zero-order chi connectivity index (χ0) is 24.1.